The van der Waals surface area contributed by atoms with E-state index in [1.54, 1.807) is 63.2 Å². The molecule has 0 aromatic heterocycles. The first-order valence-electron chi connectivity index (χ1n) is 11.5. The van der Waals surface area contributed by atoms with Gasteiger partial charge in [-0.05, 0) is 56.2 Å². The van der Waals surface area contributed by atoms with Crippen molar-refractivity contribution in [3.05, 3.63) is 76.9 Å². The van der Waals surface area contributed by atoms with E-state index in [0.717, 1.165) is 11.6 Å². The predicted octanol–water partition coefficient (Wildman–Crippen LogP) is 6.25. The summed E-state index contributed by atoms with van der Waals surface area (Å²) in [5.41, 5.74) is -0.903. The highest BCUT2D eigenvalue weighted by Crippen LogP contribution is 2.40. The number of methoxy groups -OCH3 is 1. The molecule has 0 aliphatic heterocycles. The average Bonchev–Trinajstić information content (AvgIpc) is 2.80. The van der Waals surface area contributed by atoms with Crippen LogP contribution in [-0.4, -0.2) is 34.9 Å². The third kappa shape index (κ3) is 6.96. The van der Waals surface area contributed by atoms with Gasteiger partial charge < -0.3 is 24.4 Å². The number of halogens is 3. The Bertz CT molecular complexity index is 1320. The Morgan fingerprint density at radius 2 is 1.61 bits per heavy atom. The summed E-state index contributed by atoms with van der Waals surface area (Å²) >= 11 is 0. The van der Waals surface area contributed by atoms with Crippen molar-refractivity contribution < 1.29 is 47.2 Å². The maximum atomic E-state index is 13.3. The van der Waals surface area contributed by atoms with Crippen molar-refractivity contribution in [3.8, 4) is 28.4 Å². The fraction of sp³-hybridized carbons (Fsp3) is 0.286. The predicted molar refractivity (Wildman–Crippen MR) is 132 cm³/mol. The number of aromatic hydroxyl groups is 1. The lowest BCUT2D eigenvalue weighted by molar-refractivity contribution is -0.139. The van der Waals surface area contributed by atoms with E-state index in [2.05, 4.69) is 0 Å². The molecule has 2 N–H and O–H groups in total. The summed E-state index contributed by atoms with van der Waals surface area (Å²) in [7, 11) is 1.47. The minimum Gasteiger partial charge on any atom is -0.506 e. The normalized spacial score (nSPS) is 11.7. The van der Waals surface area contributed by atoms with Crippen molar-refractivity contribution in [1.29, 1.82) is 0 Å². The summed E-state index contributed by atoms with van der Waals surface area (Å²) < 4.78 is 56.4. The van der Waals surface area contributed by atoms with Crippen molar-refractivity contribution in [1.82, 2.24) is 0 Å². The highest BCUT2D eigenvalue weighted by atomic mass is 19.4. The number of alkyl halides is 3. The summed E-state index contributed by atoms with van der Waals surface area (Å²) in [6.45, 7) is 4.36. The van der Waals surface area contributed by atoms with Gasteiger partial charge in [-0.1, -0.05) is 30.3 Å². The molecule has 0 unspecified atom stereocenters. The van der Waals surface area contributed by atoms with Crippen molar-refractivity contribution in [2.24, 2.45) is 0 Å². The average molecular weight is 533 g/mol. The monoisotopic (exact) mass is 532 g/mol. The quantitative estimate of drug-likeness (QED) is 0.331. The number of hydrogen-bond acceptors (Lipinski definition) is 6. The smallest absolute Gasteiger partial charge is 0.419 e. The van der Waals surface area contributed by atoms with Gasteiger partial charge in [-0.15, -0.1) is 0 Å². The van der Waals surface area contributed by atoms with Gasteiger partial charge in [0.05, 0.1) is 19.1 Å². The summed E-state index contributed by atoms with van der Waals surface area (Å²) in [4.78, 5) is 23.7. The number of carbonyl (C=O) groups is 2. The van der Waals surface area contributed by atoms with E-state index >= 15 is 0 Å². The van der Waals surface area contributed by atoms with Crippen LogP contribution in [0, 0.1) is 0 Å². The van der Waals surface area contributed by atoms with Gasteiger partial charge in [0.2, 0.25) is 0 Å². The van der Waals surface area contributed by atoms with Crippen LogP contribution in [0.3, 0.4) is 0 Å². The largest absolute Gasteiger partial charge is 0.506 e. The zero-order chi connectivity index (χ0) is 28.3. The van der Waals surface area contributed by atoms with Gasteiger partial charge in [0.1, 0.15) is 35.0 Å². The number of carboxylic acids is 1. The van der Waals surface area contributed by atoms with E-state index in [0.29, 0.717) is 28.7 Å². The van der Waals surface area contributed by atoms with Crippen molar-refractivity contribution in [2.45, 2.75) is 45.6 Å². The zero-order valence-corrected chi connectivity index (χ0v) is 21.2. The van der Waals surface area contributed by atoms with Gasteiger partial charge in [0.15, 0.2) is 0 Å². The molecule has 0 bridgehead atoms. The molecule has 3 aromatic rings. The highest BCUT2D eigenvalue weighted by Gasteiger charge is 2.37. The Morgan fingerprint density at radius 1 is 0.947 bits per heavy atom. The van der Waals surface area contributed by atoms with Crippen LogP contribution in [0.5, 0.6) is 17.2 Å². The molecule has 38 heavy (non-hydrogen) atoms. The summed E-state index contributed by atoms with van der Waals surface area (Å²) in [6, 6.07) is 13.5. The van der Waals surface area contributed by atoms with Crippen LogP contribution >= 0.6 is 0 Å². The van der Waals surface area contributed by atoms with Gasteiger partial charge >= 0.3 is 18.1 Å². The van der Waals surface area contributed by atoms with Crippen LogP contribution < -0.4 is 9.47 Å². The summed E-state index contributed by atoms with van der Waals surface area (Å²) in [5, 5.41) is 19.3. The van der Waals surface area contributed by atoms with Gasteiger partial charge in [-0.2, -0.15) is 13.2 Å². The number of hydrogen-bond donors (Lipinski definition) is 2. The zero-order valence-electron chi connectivity index (χ0n) is 21.2. The van der Waals surface area contributed by atoms with E-state index in [1.165, 1.54) is 7.11 Å². The van der Waals surface area contributed by atoms with E-state index in [9.17, 15) is 27.9 Å². The van der Waals surface area contributed by atoms with Crippen molar-refractivity contribution >= 4 is 11.9 Å². The molecule has 0 heterocycles. The molecule has 10 heteroatoms. The van der Waals surface area contributed by atoms with Crippen molar-refractivity contribution in [2.75, 3.05) is 7.11 Å². The molecule has 0 radical (unpaired) electrons. The Labute approximate surface area is 217 Å². The van der Waals surface area contributed by atoms with Crippen LogP contribution in [0.2, 0.25) is 0 Å². The van der Waals surface area contributed by atoms with Gasteiger partial charge in [-0.25, -0.2) is 4.79 Å². The number of rotatable bonds is 8. The Kier molecular flexibility index (Phi) is 8.24. The molecular formula is C28H27F3O7. The molecule has 0 saturated heterocycles. The minimum atomic E-state index is -4.87. The SMILES string of the molecule is COc1cc(CC(=O)O)ccc1-c1ccc(OCc2ccc(C(F)(F)F)c(O)c2C(=O)OC(C)(C)C)cc1. The standard InChI is InChI=1S/C28H27F3O7/c1-27(2,3)38-26(35)24-18(8-12-21(25(24)34)28(29,30)31)15-37-19-9-6-17(7-10-19)20-11-5-16(14-23(32)33)13-22(20)36-4/h5-13,34H,14-15H2,1-4H3,(H,32,33). The third-order valence-corrected chi connectivity index (χ3v) is 5.35. The second kappa shape index (κ2) is 11.0. The minimum absolute atomic E-state index is 0.0181. The van der Waals surface area contributed by atoms with E-state index in [1.807, 2.05) is 0 Å². The number of ether oxygens (including phenoxy) is 3. The van der Waals surface area contributed by atoms with E-state index < -0.39 is 40.6 Å². The molecular weight excluding hydrogens is 505 g/mol. The fourth-order valence-corrected chi connectivity index (χ4v) is 3.69. The lowest BCUT2D eigenvalue weighted by Crippen LogP contribution is -2.25. The molecule has 7 nitrogen and oxygen atoms in total. The number of phenols is 1. The second-order valence-corrected chi connectivity index (χ2v) is 9.41. The molecule has 0 atom stereocenters. The molecule has 0 amide bonds. The third-order valence-electron chi connectivity index (χ3n) is 5.35. The lowest BCUT2D eigenvalue weighted by atomic mass is 10.0. The molecule has 0 fully saturated rings. The molecule has 3 rings (SSSR count). The molecule has 3 aromatic carbocycles. The highest BCUT2D eigenvalue weighted by molar-refractivity contribution is 5.95. The first-order chi connectivity index (χ1) is 17.7. The number of aliphatic carboxylic acids is 1. The second-order valence-electron chi connectivity index (χ2n) is 9.41. The molecule has 202 valence electrons. The maximum absolute atomic E-state index is 13.3. The van der Waals surface area contributed by atoms with Gasteiger partial charge in [0, 0.05) is 11.1 Å². The number of carboxylic acid groups (broad SMARTS) is 1. The van der Waals surface area contributed by atoms with E-state index in [4.69, 9.17) is 19.3 Å². The van der Waals surface area contributed by atoms with Gasteiger partial charge in [-0.3, -0.25) is 4.79 Å². The molecule has 0 saturated carbocycles. The Morgan fingerprint density at radius 3 is 2.16 bits per heavy atom. The molecule has 0 aliphatic carbocycles. The van der Waals surface area contributed by atoms with E-state index in [-0.39, 0.29) is 18.6 Å². The molecule has 0 aliphatic rings. The Balaban J connectivity index is 1.86. The van der Waals surface area contributed by atoms with Crippen molar-refractivity contribution in [3.63, 3.8) is 0 Å². The van der Waals surface area contributed by atoms with Gasteiger partial charge in [0.25, 0.3) is 0 Å². The first kappa shape index (κ1) is 28.4. The number of phenolic OH excluding ortho intramolecular Hbond substituents is 1. The van der Waals surface area contributed by atoms with Crippen LogP contribution in [0.4, 0.5) is 13.2 Å². The fourth-order valence-electron chi connectivity index (χ4n) is 3.69. The number of carbonyl (C=O) groups excluding carboxylic acids is 1. The van der Waals surface area contributed by atoms with Crippen LogP contribution in [0.25, 0.3) is 11.1 Å². The Hall–Kier alpha value is -4.21. The lowest BCUT2D eigenvalue weighted by Gasteiger charge is -2.22. The first-order valence-corrected chi connectivity index (χ1v) is 11.5. The molecule has 0 spiro atoms. The van der Waals surface area contributed by atoms with Crippen LogP contribution in [0.15, 0.2) is 54.6 Å². The van der Waals surface area contributed by atoms with Crippen LogP contribution in [0.1, 0.15) is 47.8 Å². The maximum Gasteiger partial charge on any atom is 0.419 e. The summed E-state index contributed by atoms with van der Waals surface area (Å²) in [5.74, 6) is -2.45. The summed E-state index contributed by atoms with van der Waals surface area (Å²) in [6.07, 6.45) is -5.02. The topological polar surface area (TPSA) is 102 Å². The number of benzene rings is 3. The van der Waals surface area contributed by atoms with Crippen LogP contribution in [-0.2, 0) is 28.7 Å². The number of esters is 1.